The van der Waals surface area contributed by atoms with Crippen LogP contribution in [-0.2, 0) is 37.9 Å². The molecule has 4 saturated carbocycles. The fraction of sp³-hybridized carbons (Fsp3) is 0.962. The number of allylic oxidation sites excluding steroid dienone is 2. The fourth-order valence-electron chi connectivity index (χ4n) is 15.6. The standard InChI is InChI=1S/C52H88O22/c1-23(2)8-7-9-27(69-46-42(65)39(62)37(60)30(72-46)21-68-45-41(64)34(57)26(56)20-67-45)24-12-15-50(5)25(24)10-11-32-51(50,6)16-13-31-49(3,4)33(14-17-52(31,32)22-55)73-48-44(40(63)36(59)29(19-54)71-48)74-47-43(66)38(61)35(58)28(18-53)70-47/h8,24-48,53-66H,7,9-22H2,1-6H3/t24-,25-,26-,27+,28-,29-,30-,31-,32-,33+,34-,35-,36+,37+,38+,39+,40-,41-,42+,43+,44+,45-,46-,47+,48+,50+,51-,52-/m1/s1. The van der Waals surface area contributed by atoms with Gasteiger partial charge < -0.3 is 109 Å². The van der Waals surface area contributed by atoms with Gasteiger partial charge in [-0.25, -0.2) is 0 Å². The lowest BCUT2D eigenvalue weighted by Gasteiger charge is -2.70. The Bertz CT molecular complexity index is 1870. The Morgan fingerprint density at radius 3 is 1.82 bits per heavy atom. The summed E-state index contributed by atoms with van der Waals surface area (Å²) in [5, 5.41) is 150. The highest BCUT2D eigenvalue weighted by atomic mass is 16.8. The van der Waals surface area contributed by atoms with Crippen molar-refractivity contribution in [3.63, 3.8) is 0 Å². The summed E-state index contributed by atoms with van der Waals surface area (Å²) < 4.78 is 48.5. The molecule has 0 aromatic heterocycles. The van der Waals surface area contributed by atoms with Crippen LogP contribution in [0.1, 0.15) is 106 Å². The van der Waals surface area contributed by atoms with E-state index >= 15 is 0 Å². The predicted molar refractivity (Wildman–Crippen MR) is 256 cm³/mol. The van der Waals surface area contributed by atoms with Crippen molar-refractivity contribution in [1.29, 1.82) is 0 Å². The topological polar surface area (TPSA) is 357 Å². The van der Waals surface area contributed by atoms with Gasteiger partial charge in [0.1, 0.15) is 91.6 Å². The highest BCUT2D eigenvalue weighted by molar-refractivity contribution is 5.19. The van der Waals surface area contributed by atoms with Crippen LogP contribution < -0.4 is 0 Å². The van der Waals surface area contributed by atoms with Gasteiger partial charge in [0.05, 0.1) is 38.6 Å². The highest BCUT2D eigenvalue weighted by Crippen LogP contribution is 2.75. The van der Waals surface area contributed by atoms with Gasteiger partial charge >= 0.3 is 0 Å². The third kappa shape index (κ3) is 10.5. The maximum Gasteiger partial charge on any atom is 0.187 e. The molecule has 0 spiro atoms. The highest BCUT2D eigenvalue weighted by Gasteiger charge is 2.71. The molecule has 14 N–H and O–H groups in total. The minimum Gasteiger partial charge on any atom is -0.396 e. The van der Waals surface area contributed by atoms with E-state index in [-0.39, 0.29) is 47.7 Å². The lowest BCUT2D eigenvalue weighted by atomic mass is 9.35. The van der Waals surface area contributed by atoms with E-state index in [0.29, 0.717) is 25.7 Å². The first-order valence-corrected chi connectivity index (χ1v) is 27.0. The van der Waals surface area contributed by atoms with Crippen LogP contribution in [0.3, 0.4) is 0 Å². The van der Waals surface area contributed by atoms with Gasteiger partial charge in [0, 0.05) is 12.0 Å². The summed E-state index contributed by atoms with van der Waals surface area (Å²) in [5.41, 5.74) is -0.446. The van der Waals surface area contributed by atoms with Crippen molar-refractivity contribution < 1.29 is 109 Å². The number of aliphatic hydroxyl groups is 14. The average molecular weight is 1070 g/mol. The van der Waals surface area contributed by atoms with Crippen molar-refractivity contribution in [2.45, 2.75) is 235 Å². The predicted octanol–water partition coefficient (Wildman–Crippen LogP) is -1.95. The first kappa shape index (κ1) is 59.0. The monoisotopic (exact) mass is 1060 g/mol. The molecule has 0 amide bonds. The number of ether oxygens (including phenoxy) is 8. The molecule has 0 aromatic carbocycles. The largest absolute Gasteiger partial charge is 0.396 e. The van der Waals surface area contributed by atoms with Gasteiger partial charge in [-0.1, -0.05) is 39.3 Å². The van der Waals surface area contributed by atoms with Crippen molar-refractivity contribution in [2.75, 3.05) is 33.0 Å². The molecule has 74 heavy (non-hydrogen) atoms. The summed E-state index contributed by atoms with van der Waals surface area (Å²) in [5.74, 6) is 0.239. The zero-order valence-electron chi connectivity index (χ0n) is 43.6. The lowest BCUT2D eigenvalue weighted by molar-refractivity contribution is -0.379. The summed E-state index contributed by atoms with van der Waals surface area (Å²) in [6, 6.07) is 0. The third-order valence-corrected chi connectivity index (χ3v) is 20.0. The molecular weight excluding hydrogens is 977 g/mol. The summed E-state index contributed by atoms with van der Waals surface area (Å²) in [6.45, 7) is 10.9. The van der Waals surface area contributed by atoms with Gasteiger partial charge in [-0.3, -0.25) is 0 Å². The van der Waals surface area contributed by atoms with Crippen LogP contribution in [-0.4, -0.2) is 233 Å². The molecule has 28 atom stereocenters. The maximum absolute atomic E-state index is 11.8. The molecule has 0 unspecified atom stereocenters. The van der Waals surface area contributed by atoms with Crippen LogP contribution >= 0.6 is 0 Å². The van der Waals surface area contributed by atoms with E-state index in [1.807, 2.05) is 13.8 Å². The van der Waals surface area contributed by atoms with Crippen LogP contribution in [0.4, 0.5) is 0 Å². The Kier molecular flexibility index (Phi) is 18.5. The SMILES string of the molecule is CC(C)=CCC[C@H](O[C@@H]1O[C@H](CO[C@H]2OC[C@@H](O)[C@@H](O)[C@H]2O)[C@H](O)[C@H](O)[C@@H]1O)[C@@H]1CC[C@@]2(C)[C@@H]1CC[C@H]1[C@@]3(CO)CC[C@H](O[C@@H]4O[C@H](CO)[C@H](O)[C@@H](O)[C@@H]4O[C@@H]4O[C@H](CO)[C@@H](O)[C@H](O)[C@@H]4O)C(C)(C)[C@H]3CC[C@]12C. The molecule has 4 aliphatic carbocycles. The second-order valence-corrected chi connectivity index (χ2v) is 24.4. The van der Waals surface area contributed by atoms with Gasteiger partial charge in [-0.05, 0) is 118 Å². The van der Waals surface area contributed by atoms with E-state index < -0.39 is 160 Å². The number of aliphatic hydroxyl groups excluding tert-OH is 14. The van der Waals surface area contributed by atoms with Crippen molar-refractivity contribution >= 4 is 0 Å². The molecule has 22 nitrogen and oxygen atoms in total. The zero-order valence-corrected chi connectivity index (χ0v) is 43.6. The van der Waals surface area contributed by atoms with E-state index in [2.05, 4.69) is 33.8 Å². The number of hydrogen-bond donors (Lipinski definition) is 14. The van der Waals surface area contributed by atoms with Crippen LogP contribution in [0, 0.1) is 45.3 Å². The molecule has 4 heterocycles. The van der Waals surface area contributed by atoms with E-state index in [9.17, 15) is 71.5 Å². The molecule has 4 aliphatic heterocycles. The van der Waals surface area contributed by atoms with Gasteiger partial charge in [0.2, 0.25) is 0 Å². The minimum absolute atomic E-state index is 0.0187. The molecule has 22 heteroatoms. The average Bonchev–Trinajstić information content (AvgIpc) is 3.73. The molecule has 0 radical (unpaired) electrons. The Morgan fingerprint density at radius 1 is 0.581 bits per heavy atom. The number of rotatable bonds is 16. The molecular formula is C52H88O22. The second kappa shape index (κ2) is 23.1. The van der Waals surface area contributed by atoms with E-state index in [4.69, 9.17) is 37.9 Å². The van der Waals surface area contributed by atoms with Crippen LogP contribution in [0.2, 0.25) is 0 Å². The first-order chi connectivity index (χ1) is 34.9. The first-order valence-electron chi connectivity index (χ1n) is 27.0. The number of fused-ring (bicyclic) bond motifs is 5. The quantitative estimate of drug-likeness (QED) is 0.0590. The second-order valence-electron chi connectivity index (χ2n) is 24.4. The van der Waals surface area contributed by atoms with Crippen LogP contribution in [0.15, 0.2) is 11.6 Å². The van der Waals surface area contributed by atoms with Gasteiger partial charge in [-0.2, -0.15) is 0 Å². The maximum atomic E-state index is 11.8. The third-order valence-electron chi connectivity index (χ3n) is 20.0. The van der Waals surface area contributed by atoms with Crippen molar-refractivity contribution in [2.24, 2.45) is 45.3 Å². The van der Waals surface area contributed by atoms with Crippen molar-refractivity contribution in [3.8, 4) is 0 Å². The Labute approximate surface area is 433 Å². The van der Waals surface area contributed by atoms with Crippen LogP contribution in [0.5, 0.6) is 0 Å². The van der Waals surface area contributed by atoms with Crippen molar-refractivity contribution in [3.05, 3.63) is 11.6 Å². The van der Waals surface area contributed by atoms with E-state index in [1.54, 1.807) is 0 Å². The molecule has 4 saturated heterocycles. The van der Waals surface area contributed by atoms with Gasteiger partial charge in [0.25, 0.3) is 0 Å². The Balaban J connectivity index is 0.992. The molecule has 8 aliphatic rings. The lowest BCUT2D eigenvalue weighted by Crippen LogP contribution is -2.67. The molecule has 8 fully saturated rings. The van der Waals surface area contributed by atoms with Gasteiger partial charge in [-0.15, -0.1) is 0 Å². The smallest absolute Gasteiger partial charge is 0.187 e. The minimum atomic E-state index is -1.81. The summed E-state index contributed by atoms with van der Waals surface area (Å²) >= 11 is 0. The Morgan fingerprint density at radius 2 is 1.18 bits per heavy atom. The fourth-order valence-corrected chi connectivity index (χ4v) is 15.6. The normalized spacial score (nSPS) is 51.8. The molecule has 428 valence electrons. The Hall–Kier alpha value is -1.14. The summed E-state index contributed by atoms with van der Waals surface area (Å²) in [4.78, 5) is 0. The van der Waals surface area contributed by atoms with Gasteiger partial charge in [0.15, 0.2) is 25.2 Å². The molecule has 8 rings (SSSR count). The van der Waals surface area contributed by atoms with E-state index in [1.165, 1.54) is 0 Å². The number of hydrogen-bond acceptors (Lipinski definition) is 22. The van der Waals surface area contributed by atoms with Crippen LogP contribution in [0.25, 0.3) is 0 Å². The van der Waals surface area contributed by atoms with E-state index in [0.717, 1.165) is 44.1 Å². The molecule has 0 aromatic rings. The zero-order chi connectivity index (χ0) is 54.0. The molecule has 0 bridgehead atoms. The van der Waals surface area contributed by atoms with Crippen molar-refractivity contribution in [1.82, 2.24) is 0 Å². The summed E-state index contributed by atoms with van der Waals surface area (Å²) in [7, 11) is 0. The summed E-state index contributed by atoms with van der Waals surface area (Å²) in [6.07, 6.45) is -20.6.